The molecule has 21 heavy (non-hydrogen) atoms. The van der Waals surface area contributed by atoms with Crippen molar-refractivity contribution in [1.82, 2.24) is 24.9 Å². The Bertz CT molecular complexity index is 641. The first-order valence-electron chi connectivity index (χ1n) is 6.19. The zero-order chi connectivity index (χ0) is 15.8. The van der Waals surface area contributed by atoms with Gasteiger partial charge in [-0.15, -0.1) is 0 Å². The van der Waals surface area contributed by atoms with Crippen LogP contribution in [0.5, 0.6) is 0 Å². The summed E-state index contributed by atoms with van der Waals surface area (Å²) in [4.78, 5) is 0. The fraction of sp³-hybridized carbons (Fsp3) is 0.500. The lowest BCUT2D eigenvalue weighted by molar-refractivity contribution is -0.143. The molecular formula is C12H15F4N5. The lowest BCUT2D eigenvalue weighted by Crippen LogP contribution is -2.14. The number of alkyl halides is 3. The van der Waals surface area contributed by atoms with Crippen molar-refractivity contribution < 1.29 is 17.6 Å². The van der Waals surface area contributed by atoms with Crippen LogP contribution in [0.2, 0.25) is 0 Å². The average molecular weight is 305 g/mol. The van der Waals surface area contributed by atoms with Gasteiger partial charge in [0.05, 0.1) is 11.4 Å². The molecule has 2 heterocycles. The Morgan fingerprint density at radius 1 is 1.14 bits per heavy atom. The molecule has 1 N–H and O–H groups in total. The van der Waals surface area contributed by atoms with Crippen molar-refractivity contribution in [3.05, 3.63) is 34.7 Å². The molecule has 0 fully saturated rings. The average Bonchev–Trinajstić information content (AvgIpc) is 2.84. The van der Waals surface area contributed by atoms with Crippen molar-refractivity contribution >= 4 is 0 Å². The molecule has 0 atom stereocenters. The standard InChI is InChI=1S/C12H15F4N5/c1-7-9(11(13)21(3)18-7)6-17-5-8-4-10(12(14,15)16)20(2)19-8/h4,17H,5-6H2,1-3H3. The first-order chi connectivity index (χ1) is 9.70. The lowest BCUT2D eigenvalue weighted by Gasteiger charge is -2.04. The molecule has 0 aliphatic carbocycles. The molecular weight excluding hydrogens is 290 g/mol. The largest absolute Gasteiger partial charge is 0.433 e. The normalized spacial score (nSPS) is 12.1. The van der Waals surface area contributed by atoms with Crippen LogP contribution in [0, 0.1) is 12.9 Å². The minimum absolute atomic E-state index is 0.109. The molecule has 0 aliphatic heterocycles. The SMILES string of the molecule is Cc1nn(C)c(F)c1CNCc1cc(C(F)(F)F)n(C)n1. The van der Waals surface area contributed by atoms with Gasteiger partial charge in [-0.2, -0.15) is 27.8 Å². The Labute approximate surface area is 118 Å². The second-order valence-corrected chi connectivity index (χ2v) is 4.72. The zero-order valence-corrected chi connectivity index (χ0v) is 11.8. The van der Waals surface area contributed by atoms with E-state index < -0.39 is 17.8 Å². The van der Waals surface area contributed by atoms with Crippen molar-refractivity contribution in [2.75, 3.05) is 0 Å². The van der Waals surface area contributed by atoms with Gasteiger partial charge in [0, 0.05) is 32.7 Å². The molecule has 0 aliphatic rings. The molecule has 0 spiro atoms. The maximum absolute atomic E-state index is 13.7. The van der Waals surface area contributed by atoms with Gasteiger partial charge in [-0.1, -0.05) is 0 Å². The van der Waals surface area contributed by atoms with E-state index in [1.165, 1.54) is 14.1 Å². The van der Waals surface area contributed by atoms with Gasteiger partial charge in [0.15, 0.2) is 0 Å². The molecule has 2 rings (SSSR count). The molecule has 0 bridgehead atoms. The maximum Gasteiger partial charge on any atom is 0.433 e. The van der Waals surface area contributed by atoms with E-state index in [2.05, 4.69) is 15.5 Å². The number of hydrogen-bond donors (Lipinski definition) is 1. The Morgan fingerprint density at radius 2 is 1.81 bits per heavy atom. The minimum atomic E-state index is -4.44. The van der Waals surface area contributed by atoms with Crippen molar-refractivity contribution in [2.45, 2.75) is 26.2 Å². The van der Waals surface area contributed by atoms with Gasteiger partial charge in [0.2, 0.25) is 5.95 Å². The molecule has 116 valence electrons. The lowest BCUT2D eigenvalue weighted by atomic mass is 10.2. The number of nitrogens with zero attached hydrogens (tertiary/aromatic N) is 4. The van der Waals surface area contributed by atoms with Gasteiger partial charge in [-0.05, 0) is 13.0 Å². The summed E-state index contributed by atoms with van der Waals surface area (Å²) in [6.07, 6.45) is -4.44. The first-order valence-corrected chi connectivity index (χ1v) is 6.19. The van der Waals surface area contributed by atoms with E-state index in [1.807, 2.05) is 0 Å². The molecule has 0 unspecified atom stereocenters. The van der Waals surface area contributed by atoms with Gasteiger partial charge in [-0.3, -0.25) is 4.68 Å². The molecule has 9 heteroatoms. The second-order valence-electron chi connectivity index (χ2n) is 4.72. The van der Waals surface area contributed by atoms with Crippen LogP contribution >= 0.6 is 0 Å². The van der Waals surface area contributed by atoms with Gasteiger partial charge < -0.3 is 5.32 Å². The maximum atomic E-state index is 13.7. The number of aryl methyl sites for hydroxylation is 3. The molecule has 0 aromatic carbocycles. The molecule has 0 saturated heterocycles. The molecule has 5 nitrogen and oxygen atoms in total. The van der Waals surface area contributed by atoms with E-state index >= 15 is 0 Å². The monoisotopic (exact) mass is 305 g/mol. The quantitative estimate of drug-likeness (QED) is 0.878. The van der Waals surface area contributed by atoms with Crippen LogP contribution in [-0.4, -0.2) is 19.6 Å². The predicted octanol–water partition coefficient (Wildman–Crippen LogP) is 1.91. The number of aromatic nitrogens is 4. The summed E-state index contributed by atoms with van der Waals surface area (Å²) in [6, 6.07) is 0.972. The van der Waals surface area contributed by atoms with Crippen LogP contribution in [0.25, 0.3) is 0 Å². The third kappa shape index (κ3) is 3.23. The minimum Gasteiger partial charge on any atom is -0.307 e. The van der Waals surface area contributed by atoms with E-state index in [0.717, 1.165) is 15.4 Å². The number of halogens is 4. The highest BCUT2D eigenvalue weighted by molar-refractivity contribution is 5.17. The fourth-order valence-electron chi connectivity index (χ4n) is 2.07. The molecule has 2 aromatic heterocycles. The third-order valence-electron chi connectivity index (χ3n) is 3.10. The van der Waals surface area contributed by atoms with E-state index in [9.17, 15) is 17.6 Å². The summed E-state index contributed by atoms with van der Waals surface area (Å²) in [5.41, 5.74) is 0.360. The van der Waals surface area contributed by atoms with Gasteiger partial charge >= 0.3 is 6.18 Å². The van der Waals surface area contributed by atoms with Crippen molar-refractivity contribution in [1.29, 1.82) is 0 Å². The van der Waals surface area contributed by atoms with E-state index in [0.29, 0.717) is 11.3 Å². The Kier molecular flexibility index (Phi) is 4.04. The number of hydrogen-bond acceptors (Lipinski definition) is 3. The summed E-state index contributed by atoms with van der Waals surface area (Å²) < 4.78 is 53.4. The van der Waals surface area contributed by atoms with Crippen LogP contribution in [0.4, 0.5) is 17.6 Å². The Balaban J connectivity index is 2.01. The highest BCUT2D eigenvalue weighted by Crippen LogP contribution is 2.29. The van der Waals surface area contributed by atoms with Gasteiger partial charge in [-0.25, -0.2) is 4.68 Å². The van der Waals surface area contributed by atoms with Gasteiger partial charge in [0.1, 0.15) is 5.69 Å². The Hall–Kier alpha value is -1.90. The summed E-state index contributed by atoms with van der Waals surface area (Å²) in [5, 5.41) is 10.6. The third-order valence-corrected chi connectivity index (χ3v) is 3.10. The predicted molar refractivity (Wildman–Crippen MR) is 66.7 cm³/mol. The molecule has 0 saturated carbocycles. The van der Waals surface area contributed by atoms with Crippen LogP contribution in [0.1, 0.15) is 22.6 Å². The molecule has 0 radical (unpaired) electrons. The van der Waals surface area contributed by atoms with Crippen LogP contribution in [-0.2, 0) is 33.4 Å². The van der Waals surface area contributed by atoms with E-state index in [-0.39, 0.29) is 18.8 Å². The number of nitrogens with one attached hydrogen (secondary N) is 1. The summed E-state index contributed by atoms with van der Waals surface area (Å²) in [6.45, 7) is 1.95. The highest BCUT2D eigenvalue weighted by Gasteiger charge is 2.34. The van der Waals surface area contributed by atoms with Crippen molar-refractivity contribution in [3.8, 4) is 0 Å². The highest BCUT2D eigenvalue weighted by atomic mass is 19.4. The van der Waals surface area contributed by atoms with Crippen molar-refractivity contribution in [2.24, 2.45) is 14.1 Å². The van der Waals surface area contributed by atoms with Crippen LogP contribution in [0.3, 0.4) is 0 Å². The first kappa shape index (κ1) is 15.5. The van der Waals surface area contributed by atoms with Crippen LogP contribution in [0.15, 0.2) is 6.07 Å². The van der Waals surface area contributed by atoms with Crippen LogP contribution < -0.4 is 5.32 Å². The summed E-state index contributed by atoms with van der Waals surface area (Å²) >= 11 is 0. The van der Waals surface area contributed by atoms with E-state index in [1.54, 1.807) is 6.92 Å². The summed E-state index contributed by atoms with van der Waals surface area (Å²) in [7, 11) is 2.72. The fourth-order valence-corrected chi connectivity index (χ4v) is 2.07. The summed E-state index contributed by atoms with van der Waals surface area (Å²) in [5.74, 6) is -0.461. The number of rotatable bonds is 4. The molecule has 2 aromatic rings. The zero-order valence-electron chi connectivity index (χ0n) is 11.8. The van der Waals surface area contributed by atoms with Gasteiger partial charge in [0.25, 0.3) is 0 Å². The Morgan fingerprint density at radius 3 is 2.29 bits per heavy atom. The topological polar surface area (TPSA) is 47.7 Å². The van der Waals surface area contributed by atoms with E-state index in [4.69, 9.17) is 0 Å². The second kappa shape index (κ2) is 5.47. The smallest absolute Gasteiger partial charge is 0.307 e. The molecule has 0 amide bonds. The van der Waals surface area contributed by atoms with Crippen molar-refractivity contribution in [3.63, 3.8) is 0 Å².